The van der Waals surface area contributed by atoms with Crippen LogP contribution in [0.5, 0.6) is 0 Å². The van der Waals surface area contributed by atoms with Gasteiger partial charge in [-0.05, 0) is 55.5 Å². The SMILES string of the molecule is FC(F)(F)c1cccc(CN2CCC(Cc3ccccc3)CC2)c1. The molecule has 0 amide bonds. The number of hydrogen-bond acceptors (Lipinski definition) is 1. The number of rotatable bonds is 4. The molecule has 0 radical (unpaired) electrons. The van der Waals surface area contributed by atoms with E-state index in [1.807, 2.05) is 6.07 Å². The lowest BCUT2D eigenvalue weighted by Gasteiger charge is -2.32. The molecule has 3 rings (SSSR count). The van der Waals surface area contributed by atoms with E-state index in [2.05, 4.69) is 29.2 Å². The minimum atomic E-state index is -4.27. The van der Waals surface area contributed by atoms with Crippen LogP contribution in [0.25, 0.3) is 0 Å². The summed E-state index contributed by atoms with van der Waals surface area (Å²) in [6.45, 7) is 2.50. The van der Waals surface area contributed by atoms with Crippen molar-refractivity contribution in [1.82, 2.24) is 4.90 Å². The molecule has 2 aromatic rings. The number of piperidine rings is 1. The van der Waals surface area contributed by atoms with Gasteiger partial charge in [-0.1, -0.05) is 48.5 Å². The van der Waals surface area contributed by atoms with Crippen LogP contribution in [0.3, 0.4) is 0 Å². The van der Waals surface area contributed by atoms with E-state index in [0.29, 0.717) is 12.5 Å². The molecule has 0 unspecified atom stereocenters. The molecule has 0 bridgehead atoms. The fraction of sp³-hybridized carbons (Fsp3) is 0.400. The molecule has 1 nitrogen and oxygen atoms in total. The molecule has 1 aliphatic heterocycles. The smallest absolute Gasteiger partial charge is 0.299 e. The van der Waals surface area contributed by atoms with Crippen molar-refractivity contribution in [3.05, 3.63) is 71.3 Å². The summed E-state index contributed by atoms with van der Waals surface area (Å²) in [7, 11) is 0. The summed E-state index contributed by atoms with van der Waals surface area (Å²) < 4.78 is 38.4. The average Bonchev–Trinajstić information content (AvgIpc) is 2.57. The van der Waals surface area contributed by atoms with E-state index in [1.165, 1.54) is 17.7 Å². The highest BCUT2D eigenvalue weighted by Crippen LogP contribution is 2.30. The Bertz CT molecular complexity index is 643. The molecule has 0 aromatic heterocycles. The van der Waals surface area contributed by atoms with Crippen LogP contribution in [0.4, 0.5) is 13.2 Å². The van der Waals surface area contributed by atoms with Gasteiger partial charge in [0.2, 0.25) is 0 Å². The topological polar surface area (TPSA) is 3.24 Å². The Hall–Kier alpha value is -1.81. The Labute approximate surface area is 141 Å². The molecule has 2 aromatic carbocycles. The van der Waals surface area contributed by atoms with Crippen LogP contribution >= 0.6 is 0 Å². The van der Waals surface area contributed by atoms with Gasteiger partial charge in [-0.25, -0.2) is 0 Å². The van der Waals surface area contributed by atoms with Crippen molar-refractivity contribution < 1.29 is 13.2 Å². The summed E-state index contributed by atoms with van der Waals surface area (Å²) in [6, 6.07) is 16.2. The summed E-state index contributed by atoms with van der Waals surface area (Å²) in [5.74, 6) is 0.671. The molecule has 1 saturated heterocycles. The molecule has 24 heavy (non-hydrogen) atoms. The zero-order valence-electron chi connectivity index (χ0n) is 13.6. The lowest BCUT2D eigenvalue weighted by atomic mass is 9.90. The normalized spacial score (nSPS) is 17.1. The molecule has 128 valence electrons. The molecule has 0 aliphatic carbocycles. The second-order valence-electron chi connectivity index (χ2n) is 6.61. The molecule has 4 heteroatoms. The monoisotopic (exact) mass is 333 g/mol. The molecule has 0 N–H and O–H groups in total. The van der Waals surface area contributed by atoms with Crippen LogP contribution in [-0.4, -0.2) is 18.0 Å². The van der Waals surface area contributed by atoms with Crippen LogP contribution in [0.2, 0.25) is 0 Å². The number of likely N-dealkylation sites (tertiary alicyclic amines) is 1. The molecule has 0 spiro atoms. The summed E-state index contributed by atoms with van der Waals surface area (Å²) in [5.41, 5.74) is 1.55. The Morgan fingerprint density at radius 1 is 0.875 bits per heavy atom. The van der Waals surface area contributed by atoms with Gasteiger partial charge >= 0.3 is 6.18 Å². The van der Waals surface area contributed by atoms with Crippen molar-refractivity contribution in [2.75, 3.05) is 13.1 Å². The van der Waals surface area contributed by atoms with Gasteiger partial charge in [0.25, 0.3) is 0 Å². The quantitative estimate of drug-likeness (QED) is 0.747. The van der Waals surface area contributed by atoms with Gasteiger partial charge in [0, 0.05) is 6.54 Å². The maximum atomic E-state index is 12.8. The Morgan fingerprint density at radius 3 is 2.21 bits per heavy atom. The Balaban J connectivity index is 1.52. The van der Waals surface area contributed by atoms with Crippen LogP contribution in [-0.2, 0) is 19.1 Å². The van der Waals surface area contributed by atoms with Crippen molar-refractivity contribution >= 4 is 0 Å². The largest absolute Gasteiger partial charge is 0.416 e. The molecular formula is C20H22F3N. The standard InChI is InChI=1S/C20H22F3N/c21-20(22,23)19-8-4-7-18(14-19)15-24-11-9-17(10-12-24)13-16-5-2-1-3-6-16/h1-8,14,17H,9-13,15H2. The third-order valence-corrected chi connectivity index (χ3v) is 4.73. The zero-order chi connectivity index (χ0) is 17.0. The fourth-order valence-corrected chi connectivity index (χ4v) is 3.40. The summed E-state index contributed by atoms with van der Waals surface area (Å²) in [5, 5.41) is 0. The summed E-state index contributed by atoms with van der Waals surface area (Å²) >= 11 is 0. The van der Waals surface area contributed by atoms with Crippen LogP contribution in [0.15, 0.2) is 54.6 Å². The van der Waals surface area contributed by atoms with E-state index >= 15 is 0 Å². The van der Waals surface area contributed by atoms with Crippen LogP contribution in [0.1, 0.15) is 29.5 Å². The highest BCUT2D eigenvalue weighted by molar-refractivity contribution is 5.25. The van der Waals surface area contributed by atoms with Crippen LogP contribution < -0.4 is 0 Å². The molecule has 1 heterocycles. The molecule has 0 saturated carbocycles. The van der Waals surface area contributed by atoms with Gasteiger partial charge in [-0.3, -0.25) is 4.90 Å². The number of nitrogens with zero attached hydrogens (tertiary/aromatic N) is 1. The first-order chi connectivity index (χ1) is 11.5. The number of hydrogen-bond donors (Lipinski definition) is 0. The highest BCUT2D eigenvalue weighted by Gasteiger charge is 2.30. The van der Waals surface area contributed by atoms with Gasteiger partial charge in [0.1, 0.15) is 0 Å². The lowest BCUT2D eigenvalue weighted by molar-refractivity contribution is -0.137. The van der Waals surface area contributed by atoms with E-state index in [1.54, 1.807) is 6.07 Å². The van der Waals surface area contributed by atoms with Gasteiger partial charge in [0.15, 0.2) is 0 Å². The predicted octanol–water partition coefficient (Wildman–Crippen LogP) is 5.16. The zero-order valence-corrected chi connectivity index (χ0v) is 13.6. The highest BCUT2D eigenvalue weighted by atomic mass is 19.4. The van der Waals surface area contributed by atoms with E-state index in [4.69, 9.17) is 0 Å². The molecule has 1 fully saturated rings. The third-order valence-electron chi connectivity index (χ3n) is 4.73. The lowest BCUT2D eigenvalue weighted by Crippen LogP contribution is -2.33. The molecule has 1 aliphatic rings. The predicted molar refractivity (Wildman–Crippen MR) is 89.6 cm³/mol. The van der Waals surface area contributed by atoms with E-state index in [9.17, 15) is 13.2 Å². The summed E-state index contributed by atoms with van der Waals surface area (Å²) in [4.78, 5) is 2.26. The first-order valence-corrected chi connectivity index (χ1v) is 8.43. The van der Waals surface area contributed by atoms with E-state index in [0.717, 1.165) is 44.0 Å². The van der Waals surface area contributed by atoms with Gasteiger partial charge in [0.05, 0.1) is 5.56 Å². The molecular weight excluding hydrogens is 311 g/mol. The van der Waals surface area contributed by atoms with Gasteiger partial charge in [-0.15, -0.1) is 0 Å². The third kappa shape index (κ3) is 4.60. The van der Waals surface area contributed by atoms with Gasteiger partial charge in [-0.2, -0.15) is 13.2 Å². The van der Waals surface area contributed by atoms with Crippen molar-refractivity contribution in [1.29, 1.82) is 0 Å². The van der Waals surface area contributed by atoms with Crippen molar-refractivity contribution in [2.45, 2.75) is 32.0 Å². The second-order valence-corrected chi connectivity index (χ2v) is 6.61. The van der Waals surface area contributed by atoms with E-state index < -0.39 is 11.7 Å². The first-order valence-electron chi connectivity index (χ1n) is 8.43. The van der Waals surface area contributed by atoms with E-state index in [-0.39, 0.29) is 0 Å². The Morgan fingerprint density at radius 2 is 1.54 bits per heavy atom. The molecule has 0 atom stereocenters. The number of halogens is 3. The minimum Gasteiger partial charge on any atom is -0.299 e. The number of benzene rings is 2. The maximum absolute atomic E-state index is 12.8. The fourth-order valence-electron chi connectivity index (χ4n) is 3.40. The van der Waals surface area contributed by atoms with Crippen molar-refractivity contribution in [3.8, 4) is 0 Å². The Kier molecular flexibility index (Phi) is 5.24. The number of alkyl halides is 3. The van der Waals surface area contributed by atoms with Crippen molar-refractivity contribution in [3.63, 3.8) is 0 Å². The summed E-state index contributed by atoms with van der Waals surface area (Å²) in [6.07, 6.45) is -0.960. The van der Waals surface area contributed by atoms with Crippen LogP contribution in [0, 0.1) is 5.92 Å². The minimum absolute atomic E-state index is 0.557. The maximum Gasteiger partial charge on any atom is 0.416 e. The average molecular weight is 333 g/mol. The first kappa shape index (κ1) is 17.0. The van der Waals surface area contributed by atoms with Gasteiger partial charge < -0.3 is 0 Å². The van der Waals surface area contributed by atoms with Crippen molar-refractivity contribution in [2.24, 2.45) is 5.92 Å². The second kappa shape index (κ2) is 7.39.